The highest BCUT2D eigenvalue weighted by Gasteiger charge is 2.56. The highest BCUT2D eigenvalue weighted by atomic mass is 15.2. The molecule has 0 radical (unpaired) electrons. The zero-order valence-corrected chi connectivity index (χ0v) is 27.8. The van der Waals surface area contributed by atoms with E-state index in [4.69, 9.17) is 0 Å². The lowest BCUT2D eigenvalue weighted by Crippen LogP contribution is -2.35. The quantitative estimate of drug-likeness (QED) is 0.213. The van der Waals surface area contributed by atoms with Crippen molar-refractivity contribution in [1.82, 2.24) is 4.90 Å². The van der Waals surface area contributed by atoms with Crippen LogP contribution in [-0.4, -0.2) is 40.4 Å². The first kappa shape index (κ1) is 30.2. The van der Waals surface area contributed by atoms with E-state index in [1.165, 1.54) is 75.9 Å². The summed E-state index contributed by atoms with van der Waals surface area (Å²) in [5.41, 5.74) is 9.60. The van der Waals surface area contributed by atoms with Crippen molar-refractivity contribution in [2.75, 3.05) is 13.1 Å². The number of nitrogens with zero attached hydrogens (tertiary/aromatic N) is 2. The maximum atomic E-state index is 2.79. The molecule has 4 aliphatic rings. The van der Waals surface area contributed by atoms with Crippen molar-refractivity contribution in [3.63, 3.8) is 0 Å². The normalized spacial score (nSPS) is 28.0. The Labute approximate surface area is 262 Å². The molecule has 1 saturated heterocycles. The van der Waals surface area contributed by atoms with Crippen LogP contribution >= 0.6 is 0 Å². The average molecular weight is 576 g/mol. The molecule has 2 nitrogen and oxygen atoms in total. The van der Waals surface area contributed by atoms with Crippen molar-refractivity contribution in [3.8, 4) is 0 Å². The fraction of sp³-hybridized carbons (Fsp3) is 0.537. The van der Waals surface area contributed by atoms with E-state index in [-0.39, 0.29) is 10.8 Å². The van der Waals surface area contributed by atoms with E-state index in [9.17, 15) is 0 Å². The summed E-state index contributed by atoms with van der Waals surface area (Å²) < 4.78 is 2.79. The Morgan fingerprint density at radius 3 is 2.12 bits per heavy atom. The first-order valence-electron chi connectivity index (χ1n) is 17.4. The van der Waals surface area contributed by atoms with Crippen LogP contribution in [0.2, 0.25) is 0 Å². The summed E-state index contributed by atoms with van der Waals surface area (Å²) >= 11 is 0. The van der Waals surface area contributed by atoms with Crippen molar-refractivity contribution in [1.29, 1.82) is 0 Å². The maximum Gasteiger partial charge on any atom is 0.182 e. The molecule has 228 valence electrons. The van der Waals surface area contributed by atoms with Gasteiger partial charge in [-0.1, -0.05) is 107 Å². The van der Waals surface area contributed by atoms with Crippen LogP contribution in [0.25, 0.3) is 0 Å². The number of benzene rings is 2. The summed E-state index contributed by atoms with van der Waals surface area (Å²) in [5, 5.41) is 0. The third-order valence-electron chi connectivity index (χ3n) is 11.5. The molecule has 2 aliphatic heterocycles. The van der Waals surface area contributed by atoms with E-state index in [1.54, 1.807) is 22.3 Å². The molecule has 0 spiro atoms. The lowest BCUT2D eigenvalue weighted by molar-refractivity contribution is -0.562. The third kappa shape index (κ3) is 5.27. The predicted molar refractivity (Wildman–Crippen MR) is 183 cm³/mol. The van der Waals surface area contributed by atoms with E-state index in [1.807, 2.05) is 0 Å². The first-order chi connectivity index (χ1) is 20.8. The third-order valence-corrected chi connectivity index (χ3v) is 11.5. The molecule has 0 saturated carbocycles. The van der Waals surface area contributed by atoms with Gasteiger partial charge in [0.05, 0.1) is 11.3 Å². The molecule has 4 atom stereocenters. The summed E-state index contributed by atoms with van der Waals surface area (Å²) in [6.07, 6.45) is 21.8. The smallest absolute Gasteiger partial charge is 0.182 e. The summed E-state index contributed by atoms with van der Waals surface area (Å²) in [4.78, 5) is 2.79. The number of unbranched alkanes of at least 4 members (excludes halogenated alkanes) is 2. The fourth-order valence-electron chi connectivity index (χ4n) is 9.52. The van der Waals surface area contributed by atoms with Crippen LogP contribution in [0.5, 0.6) is 0 Å². The predicted octanol–water partition coefficient (Wildman–Crippen LogP) is 9.62. The van der Waals surface area contributed by atoms with Gasteiger partial charge < -0.3 is 4.90 Å². The second kappa shape index (κ2) is 12.3. The molecule has 2 aromatic rings. The van der Waals surface area contributed by atoms with Gasteiger partial charge in [-0.25, -0.2) is 4.58 Å². The molecule has 2 aromatic carbocycles. The van der Waals surface area contributed by atoms with Gasteiger partial charge in [-0.15, -0.1) is 0 Å². The molecule has 0 N–H and O–H groups in total. The van der Waals surface area contributed by atoms with Crippen LogP contribution in [0.15, 0.2) is 84.6 Å². The Kier molecular flexibility index (Phi) is 8.60. The standard InChI is InChI=1S/C41H55N2/c1-7-9-28-42-34-26-24-30-18-14-16-20-32(30)38(34)40(3,4)36(42)22-12-11-13-23-37-41(5,6)39-33-21-17-15-19-31(33)25-27-35(39)43(37)29-10-8-2/h11-23,34-35,38-39H,7-10,24-29H2,1-6H3/q+1/t34-,35-,38-,39+/m1/s1. The maximum absolute atomic E-state index is 2.79. The summed E-state index contributed by atoms with van der Waals surface area (Å²) in [7, 11) is 0. The fourth-order valence-corrected chi connectivity index (χ4v) is 9.52. The molecular weight excluding hydrogens is 520 g/mol. The lowest BCUT2D eigenvalue weighted by atomic mass is 9.66. The van der Waals surface area contributed by atoms with E-state index >= 15 is 0 Å². The molecule has 0 aromatic heterocycles. The molecule has 2 heteroatoms. The summed E-state index contributed by atoms with van der Waals surface area (Å²) in [5.74, 6) is 1.13. The van der Waals surface area contributed by atoms with Crippen LogP contribution < -0.4 is 0 Å². The van der Waals surface area contributed by atoms with E-state index < -0.39 is 0 Å². The number of hydrogen-bond donors (Lipinski definition) is 0. The van der Waals surface area contributed by atoms with Crippen molar-refractivity contribution < 1.29 is 4.58 Å². The largest absolute Gasteiger partial charge is 0.371 e. The zero-order chi connectivity index (χ0) is 30.2. The molecule has 0 unspecified atom stereocenters. The zero-order valence-electron chi connectivity index (χ0n) is 27.8. The Morgan fingerprint density at radius 2 is 1.42 bits per heavy atom. The number of rotatable bonds is 9. The Bertz CT molecular complexity index is 1430. The van der Waals surface area contributed by atoms with E-state index in [2.05, 4.69) is 130 Å². The topological polar surface area (TPSA) is 6.25 Å². The molecular formula is C41H55N2+. The minimum atomic E-state index is 0.116. The lowest BCUT2D eigenvalue weighted by Gasteiger charge is -2.36. The second-order valence-corrected chi connectivity index (χ2v) is 14.8. The van der Waals surface area contributed by atoms with Gasteiger partial charge in [-0.2, -0.15) is 0 Å². The minimum absolute atomic E-state index is 0.116. The van der Waals surface area contributed by atoms with E-state index in [0.717, 1.165) is 0 Å². The Hall–Kier alpha value is -2.87. The van der Waals surface area contributed by atoms with Gasteiger partial charge in [0.15, 0.2) is 11.8 Å². The van der Waals surface area contributed by atoms with Crippen LogP contribution in [-0.2, 0) is 12.8 Å². The second-order valence-electron chi connectivity index (χ2n) is 14.8. The van der Waals surface area contributed by atoms with Gasteiger partial charge in [0.25, 0.3) is 0 Å². The number of aryl methyl sites for hydroxylation is 2. The highest BCUT2D eigenvalue weighted by molar-refractivity contribution is 5.97. The van der Waals surface area contributed by atoms with Crippen molar-refractivity contribution in [2.24, 2.45) is 10.8 Å². The van der Waals surface area contributed by atoms with Crippen molar-refractivity contribution >= 4 is 5.71 Å². The number of hydrogen-bond acceptors (Lipinski definition) is 1. The molecule has 6 rings (SSSR count). The molecule has 2 heterocycles. The first-order valence-corrected chi connectivity index (χ1v) is 17.4. The van der Waals surface area contributed by atoms with Gasteiger partial charge in [0, 0.05) is 48.5 Å². The monoisotopic (exact) mass is 575 g/mol. The SMILES string of the molecule is CCCCN1/C(=C/C=C/C=C/C2=[N+](CCCC)[C@@H]3CCc4ccccc4[C@@H]3C2(C)C)C(C)(C)[C@@H]2c3ccccc3CC[C@H]21. The van der Waals surface area contributed by atoms with Crippen LogP contribution in [0.3, 0.4) is 0 Å². The summed E-state index contributed by atoms with van der Waals surface area (Å²) in [6, 6.07) is 19.7. The minimum Gasteiger partial charge on any atom is -0.371 e. The Morgan fingerprint density at radius 1 is 0.767 bits per heavy atom. The van der Waals surface area contributed by atoms with Gasteiger partial charge in [0.2, 0.25) is 0 Å². The van der Waals surface area contributed by atoms with Crippen LogP contribution in [0, 0.1) is 10.8 Å². The van der Waals surface area contributed by atoms with Gasteiger partial charge >= 0.3 is 0 Å². The number of likely N-dealkylation sites (tertiary alicyclic amines) is 1. The molecule has 0 amide bonds. The molecule has 43 heavy (non-hydrogen) atoms. The molecule has 0 bridgehead atoms. The van der Waals surface area contributed by atoms with Crippen LogP contribution in [0.4, 0.5) is 0 Å². The molecule has 1 fully saturated rings. The van der Waals surface area contributed by atoms with Gasteiger partial charge in [-0.3, -0.25) is 0 Å². The van der Waals surface area contributed by atoms with Gasteiger partial charge in [-0.05, 0) is 67.9 Å². The Balaban J connectivity index is 1.29. The van der Waals surface area contributed by atoms with Gasteiger partial charge in [0.1, 0.15) is 6.54 Å². The summed E-state index contributed by atoms with van der Waals surface area (Å²) in [6.45, 7) is 17.0. The van der Waals surface area contributed by atoms with Crippen LogP contribution in [0.1, 0.15) is 114 Å². The average Bonchev–Trinajstić information content (AvgIpc) is 3.37. The number of fused-ring (bicyclic) bond motifs is 6. The van der Waals surface area contributed by atoms with Crippen molar-refractivity contribution in [3.05, 3.63) is 107 Å². The van der Waals surface area contributed by atoms with E-state index in [0.29, 0.717) is 23.9 Å². The van der Waals surface area contributed by atoms with Crippen molar-refractivity contribution in [2.45, 2.75) is 117 Å². The molecule has 2 aliphatic carbocycles. The highest BCUT2D eigenvalue weighted by Crippen LogP contribution is 2.57. The number of allylic oxidation sites excluding steroid dienone is 6.